The number of nitrogens with one attached hydrogen (secondary N) is 2. The first-order valence-electron chi connectivity index (χ1n) is 4.70. The average molecular weight is 267 g/mol. The summed E-state index contributed by atoms with van der Waals surface area (Å²) in [5, 5.41) is 0. The molecule has 0 aromatic heterocycles. The summed E-state index contributed by atoms with van der Waals surface area (Å²) in [5.41, 5.74) is 5.64. The first-order valence-corrected chi connectivity index (χ1v) is 4.70. The molecule has 4 N–H and O–H groups in total. The Labute approximate surface area is 98.9 Å². The number of halogens is 4. The zero-order valence-corrected chi connectivity index (χ0v) is 9.11. The van der Waals surface area contributed by atoms with E-state index in [0.717, 1.165) is 0 Å². The molecule has 0 unspecified atom stereocenters. The van der Waals surface area contributed by atoms with Crippen LogP contribution in [-0.2, 0) is 4.74 Å². The molecule has 0 aliphatic carbocycles. The Balaban J connectivity index is 2.99. The molecule has 5 nitrogen and oxygen atoms in total. The molecule has 100 valence electrons. The Hall–Kier alpha value is -2.19. The molecule has 18 heavy (non-hydrogen) atoms. The van der Waals surface area contributed by atoms with Crippen LogP contribution in [0, 0.1) is 23.3 Å². The summed E-state index contributed by atoms with van der Waals surface area (Å²) in [6.45, 7) is 1.49. The van der Waals surface area contributed by atoms with Crippen molar-refractivity contribution >= 4 is 17.5 Å². The Kier molecular flexibility index (Phi) is 4.18. The van der Waals surface area contributed by atoms with Crippen molar-refractivity contribution in [1.82, 2.24) is 5.43 Å². The number of benzene rings is 1. The quantitative estimate of drug-likeness (QED) is 0.338. The van der Waals surface area contributed by atoms with Crippen molar-refractivity contribution in [3.8, 4) is 0 Å². The molecular formula is C9H9F4N3O2. The van der Waals surface area contributed by atoms with E-state index >= 15 is 0 Å². The fourth-order valence-electron chi connectivity index (χ4n) is 1.04. The van der Waals surface area contributed by atoms with Crippen molar-refractivity contribution in [2.24, 2.45) is 0 Å². The first-order chi connectivity index (χ1) is 8.40. The SMILES string of the molecule is CCOC(=O)NNc1c(F)c(F)c(N)c(F)c1F. The monoisotopic (exact) mass is 267 g/mol. The third kappa shape index (κ3) is 2.55. The van der Waals surface area contributed by atoms with Crippen LogP contribution in [0.3, 0.4) is 0 Å². The Bertz CT molecular complexity index is 452. The van der Waals surface area contributed by atoms with Crippen LogP contribution in [0.1, 0.15) is 6.92 Å². The highest BCUT2D eigenvalue weighted by atomic mass is 19.2. The number of nitrogen functional groups attached to an aromatic ring is 1. The second kappa shape index (κ2) is 5.43. The topological polar surface area (TPSA) is 76.4 Å². The molecule has 0 radical (unpaired) electrons. The van der Waals surface area contributed by atoms with Crippen LogP contribution in [0.25, 0.3) is 0 Å². The average Bonchev–Trinajstić information content (AvgIpc) is 2.34. The molecule has 9 heteroatoms. The van der Waals surface area contributed by atoms with Gasteiger partial charge < -0.3 is 10.5 Å². The van der Waals surface area contributed by atoms with E-state index in [1.165, 1.54) is 6.92 Å². The molecule has 1 amide bonds. The second-order valence-corrected chi connectivity index (χ2v) is 3.02. The number of hydrogen-bond donors (Lipinski definition) is 3. The molecule has 0 heterocycles. The van der Waals surface area contributed by atoms with Crippen LogP contribution < -0.4 is 16.6 Å². The highest BCUT2D eigenvalue weighted by molar-refractivity contribution is 5.70. The summed E-state index contributed by atoms with van der Waals surface area (Å²) >= 11 is 0. The summed E-state index contributed by atoms with van der Waals surface area (Å²) in [6, 6.07) is 0. The van der Waals surface area contributed by atoms with Crippen molar-refractivity contribution in [2.75, 3.05) is 17.8 Å². The summed E-state index contributed by atoms with van der Waals surface area (Å²) in [5.74, 6) is -7.05. The number of rotatable bonds is 3. The zero-order valence-electron chi connectivity index (χ0n) is 9.11. The maximum absolute atomic E-state index is 13.2. The molecular weight excluding hydrogens is 258 g/mol. The lowest BCUT2D eigenvalue weighted by molar-refractivity contribution is 0.154. The maximum Gasteiger partial charge on any atom is 0.425 e. The first kappa shape index (κ1) is 13.9. The highest BCUT2D eigenvalue weighted by Gasteiger charge is 2.24. The molecule has 1 aromatic rings. The summed E-state index contributed by atoms with van der Waals surface area (Å²) < 4.78 is 56.8. The zero-order chi connectivity index (χ0) is 13.9. The van der Waals surface area contributed by atoms with Crippen LogP contribution in [0.15, 0.2) is 0 Å². The highest BCUT2D eigenvalue weighted by Crippen LogP contribution is 2.28. The van der Waals surface area contributed by atoms with Crippen LogP contribution in [0.5, 0.6) is 0 Å². The number of hydrogen-bond acceptors (Lipinski definition) is 4. The number of carbonyl (C=O) groups excluding carboxylic acids is 1. The van der Waals surface area contributed by atoms with Gasteiger partial charge in [-0.05, 0) is 6.92 Å². The normalized spacial score (nSPS) is 10.1. The smallest absolute Gasteiger partial charge is 0.425 e. The molecule has 0 fully saturated rings. The van der Waals surface area contributed by atoms with E-state index < -0.39 is 40.7 Å². The van der Waals surface area contributed by atoms with E-state index in [9.17, 15) is 22.4 Å². The number of hydrazine groups is 1. The van der Waals surface area contributed by atoms with Gasteiger partial charge in [0.05, 0.1) is 6.61 Å². The van der Waals surface area contributed by atoms with Gasteiger partial charge in [-0.1, -0.05) is 0 Å². The van der Waals surface area contributed by atoms with Crippen LogP contribution >= 0.6 is 0 Å². The number of anilines is 2. The minimum absolute atomic E-state index is 0.00291. The molecule has 0 aliphatic rings. The van der Waals surface area contributed by atoms with Crippen molar-refractivity contribution in [2.45, 2.75) is 6.92 Å². The van der Waals surface area contributed by atoms with Gasteiger partial charge in [-0.15, -0.1) is 0 Å². The summed E-state index contributed by atoms with van der Waals surface area (Å²) in [4.78, 5) is 10.8. The van der Waals surface area contributed by atoms with Gasteiger partial charge in [-0.25, -0.2) is 27.8 Å². The van der Waals surface area contributed by atoms with Crippen LogP contribution in [0.4, 0.5) is 33.7 Å². The second-order valence-electron chi connectivity index (χ2n) is 3.02. The Morgan fingerprint density at radius 1 is 1.17 bits per heavy atom. The lowest BCUT2D eigenvalue weighted by atomic mass is 10.2. The predicted octanol–water partition coefficient (Wildman–Crippen LogP) is 1.90. The Morgan fingerprint density at radius 3 is 2.11 bits per heavy atom. The third-order valence-electron chi connectivity index (χ3n) is 1.86. The molecule has 0 spiro atoms. The van der Waals surface area contributed by atoms with Gasteiger partial charge in [0.25, 0.3) is 0 Å². The largest absolute Gasteiger partial charge is 0.449 e. The number of carbonyl (C=O) groups is 1. The molecule has 0 aliphatic heterocycles. The number of ether oxygens (including phenoxy) is 1. The molecule has 1 aromatic carbocycles. The predicted molar refractivity (Wildman–Crippen MR) is 54.5 cm³/mol. The van der Waals surface area contributed by atoms with E-state index in [4.69, 9.17) is 5.73 Å². The van der Waals surface area contributed by atoms with Gasteiger partial charge in [-0.3, -0.25) is 5.43 Å². The summed E-state index contributed by atoms with van der Waals surface area (Å²) in [7, 11) is 0. The van der Waals surface area contributed by atoms with E-state index in [-0.39, 0.29) is 6.61 Å². The fourth-order valence-corrected chi connectivity index (χ4v) is 1.04. The van der Waals surface area contributed by atoms with Crippen molar-refractivity contribution in [1.29, 1.82) is 0 Å². The maximum atomic E-state index is 13.2. The minimum atomic E-state index is -1.76. The van der Waals surface area contributed by atoms with Crippen molar-refractivity contribution < 1.29 is 27.1 Å². The van der Waals surface area contributed by atoms with Gasteiger partial charge in [-0.2, -0.15) is 0 Å². The number of nitrogens with two attached hydrogens (primary N) is 1. The van der Waals surface area contributed by atoms with Crippen molar-refractivity contribution in [3.63, 3.8) is 0 Å². The van der Waals surface area contributed by atoms with Gasteiger partial charge in [0, 0.05) is 0 Å². The minimum Gasteiger partial charge on any atom is -0.449 e. The van der Waals surface area contributed by atoms with Crippen LogP contribution in [-0.4, -0.2) is 12.7 Å². The van der Waals surface area contributed by atoms with E-state index in [2.05, 4.69) is 4.74 Å². The molecule has 0 saturated heterocycles. The van der Waals surface area contributed by atoms with Crippen LogP contribution in [0.2, 0.25) is 0 Å². The molecule has 0 saturated carbocycles. The molecule has 1 rings (SSSR count). The lowest BCUT2D eigenvalue weighted by Crippen LogP contribution is -2.31. The van der Waals surface area contributed by atoms with Crippen molar-refractivity contribution in [3.05, 3.63) is 23.3 Å². The van der Waals surface area contributed by atoms with E-state index in [1.54, 1.807) is 10.9 Å². The molecule has 0 bridgehead atoms. The summed E-state index contributed by atoms with van der Waals surface area (Å²) in [6.07, 6.45) is -1.08. The Morgan fingerprint density at radius 2 is 1.67 bits per heavy atom. The van der Waals surface area contributed by atoms with Gasteiger partial charge in [0.2, 0.25) is 0 Å². The lowest BCUT2D eigenvalue weighted by Gasteiger charge is -2.12. The van der Waals surface area contributed by atoms with E-state index in [0.29, 0.717) is 0 Å². The van der Waals surface area contributed by atoms with Gasteiger partial charge in [0.1, 0.15) is 11.4 Å². The molecule has 0 atom stereocenters. The number of amides is 1. The fraction of sp³-hybridized carbons (Fsp3) is 0.222. The third-order valence-corrected chi connectivity index (χ3v) is 1.86. The van der Waals surface area contributed by atoms with E-state index in [1.807, 2.05) is 0 Å². The van der Waals surface area contributed by atoms with Gasteiger partial charge >= 0.3 is 6.09 Å². The standard InChI is InChI=1S/C9H9F4N3O2/c1-2-18-9(17)16-15-8-5(12)3(10)7(14)4(11)6(8)13/h15H,2,14H2,1H3,(H,16,17). The van der Waals surface area contributed by atoms with Gasteiger partial charge in [0.15, 0.2) is 23.3 Å².